The first-order chi connectivity index (χ1) is 10.6. The van der Waals surface area contributed by atoms with Crippen LogP contribution in [0.4, 0.5) is 4.79 Å². The summed E-state index contributed by atoms with van der Waals surface area (Å²) >= 11 is 0. The van der Waals surface area contributed by atoms with Gasteiger partial charge in [-0.05, 0) is 58.5 Å². The highest BCUT2D eigenvalue weighted by molar-refractivity contribution is 5.67. The molecule has 1 heterocycles. The number of nitrogens with one attached hydrogen (secondary N) is 2. The van der Waals surface area contributed by atoms with Crippen LogP contribution in [0.25, 0.3) is 0 Å². The molecule has 0 aromatic rings. The van der Waals surface area contributed by atoms with Gasteiger partial charge in [0.2, 0.25) is 0 Å². The van der Waals surface area contributed by atoms with E-state index in [2.05, 4.69) is 43.4 Å². The minimum atomic E-state index is -0.445. The van der Waals surface area contributed by atoms with Crippen LogP contribution in [0.2, 0.25) is 0 Å². The summed E-state index contributed by atoms with van der Waals surface area (Å²) < 4.78 is 5.32. The summed E-state index contributed by atoms with van der Waals surface area (Å²) in [6.45, 7) is 16.3. The lowest BCUT2D eigenvalue weighted by Crippen LogP contribution is -2.49. The fourth-order valence-electron chi connectivity index (χ4n) is 3.03. The van der Waals surface area contributed by atoms with E-state index >= 15 is 0 Å². The zero-order chi connectivity index (χ0) is 17.6. The van der Waals surface area contributed by atoms with Crippen LogP contribution in [0, 0.1) is 17.8 Å². The molecule has 0 bridgehead atoms. The zero-order valence-electron chi connectivity index (χ0n) is 16.1. The van der Waals surface area contributed by atoms with Crippen LogP contribution in [0.3, 0.4) is 0 Å². The Bertz CT molecular complexity index is 366. The first-order valence-corrected chi connectivity index (χ1v) is 8.97. The molecule has 0 saturated carbocycles. The summed E-state index contributed by atoms with van der Waals surface area (Å²) in [6, 6.07) is 0.578. The smallest absolute Gasteiger partial charge is 0.407 e. The first-order valence-electron chi connectivity index (χ1n) is 8.97. The minimum absolute atomic E-state index is 0.323. The molecule has 3 atom stereocenters. The zero-order valence-corrected chi connectivity index (χ0v) is 16.1. The highest BCUT2D eigenvalue weighted by atomic mass is 16.6. The third kappa shape index (κ3) is 8.02. The first kappa shape index (κ1) is 20.2. The van der Waals surface area contributed by atoms with Gasteiger partial charge in [0.15, 0.2) is 0 Å². The molecule has 1 aliphatic rings. The highest BCUT2D eigenvalue weighted by Crippen LogP contribution is 2.17. The quantitative estimate of drug-likeness (QED) is 0.787. The van der Waals surface area contributed by atoms with Crippen LogP contribution in [0.1, 0.15) is 48.0 Å². The second-order valence-electron chi connectivity index (χ2n) is 8.43. The molecule has 0 spiro atoms. The van der Waals surface area contributed by atoms with Crippen molar-refractivity contribution in [1.29, 1.82) is 0 Å². The lowest BCUT2D eigenvalue weighted by molar-refractivity contribution is 0.0513. The van der Waals surface area contributed by atoms with Crippen molar-refractivity contribution in [2.24, 2.45) is 17.8 Å². The summed E-state index contributed by atoms with van der Waals surface area (Å²) in [4.78, 5) is 14.2. The van der Waals surface area contributed by atoms with E-state index in [1.807, 2.05) is 20.8 Å². The third-order valence-corrected chi connectivity index (χ3v) is 4.60. The maximum Gasteiger partial charge on any atom is 0.407 e. The topological polar surface area (TPSA) is 53.6 Å². The fraction of sp³-hybridized carbons (Fsp3) is 0.944. The van der Waals surface area contributed by atoms with E-state index in [-0.39, 0.29) is 6.09 Å². The molecule has 136 valence electrons. The van der Waals surface area contributed by atoms with E-state index in [1.165, 1.54) is 6.42 Å². The molecular weight excluding hydrogens is 290 g/mol. The van der Waals surface area contributed by atoms with Crippen LogP contribution in [-0.2, 0) is 4.74 Å². The highest BCUT2D eigenvalue weighted by Gasteiger charge is 2.25. The van der Waals surface area contributed by atoms with Crippen molar-refractivity contribution < 1.29 is 9.53 Å². The van der Waals surface area contributed by atoms with Gasteiger partial charge < -0.3 is 20.3 Å². The van der Waals surface area contributed by atoms with Gasteiger partial charge in [-0.25, -0.2) is 4.79 Å². The van der Waals surface area contributed by atoms with Gasteiger partial charge in [-0.15, -0.1) is 0 Å². The van der Waals surface area contributed by atoms with Gasteiger partial charge in [0, 0.05) is 25.7 Å². The molecule has 3 unspecified atom stereocenters. The second-order valence-corrected chi connectivity index (χ2v) is 8.43. The van der Waals surface area contributed by atoms with E-state index < -0.39 is 5.60 Å². The number of nitrogens with zero attached hydrogens (tertiary/aromatic N) is 1. The molecule has 1 fully saturated rings. The summed E-state index contributed by atoms with van der Waals surface area (Å²) in [5.41, 5.74) is -0.445. The van der Waals surface area contributed by atoms with Crippen molar-refractivity contribution in [3.63, 3.8) is 0 Å². The molecule has 1 aliphatic heterocycles. The van der Waals surface area contributed by atoms with Crippen LogP contribution in [0.5, 0.6) is 0 Å². The molecule has 0 radical (unpaired) electrons. The van der Waals surface area contributed by atoms with Gasteiger partial charge >= 0.3 is 6.09 Å². The summed E-state index contributed by atoms with van der Waals surface area (Å²) in [6.07, 6.45) is 0.873. The van der Waals surface area contributed by atoms with Crippen LogP contribution < -0.4 is 10.6 Å². The average Bonchev–Trinajstić information content (AvgIpc) is 2.38. The lowest BCUT2D eigenvalue weighted by Gasteiger charge is -2.36. The predicted molar refractivity (Wildman–Crippen MR) is 95.6 cm³/mol. The van der Waals surface area contributed by atoms with Crippen molar-refractivity contribution in [3.8, 4) is 0 Å². The number of carbonyl (C=O) groups is 1. The van der Waals surface area contributed by atoms with E-state index in [9.17, 15) is 4.79 Å². The minimum Gasteiger partial charge on any atom is -0.444 e. The van der Waals surface area contributed by atoms with Gasteiger partial charge in [0.1, 0.15) is 5.60 Å². The van der Waals surface area contributed by atoms with Crippen molar-refractivity contribution in [3.05, 3.63) is 0 Å². The normalized spacial score (nSPS) is 24.5. The molecule has 0 aromatic carbocycles. The number of likely N-dealkylation sites (tertiary alicyclic amines) is 1. The monoisotopic (exact) mass is 327 g/mol. The van der Waals surface area contributed by atoms with Gasteiger partial charge in [-0.2, -0.15) is 0 Å². The van der Waals surface area contributed by atoms with E-state index in [0.717, 1.165) is 19.6 Å². The van der Waals surface area contributed by atoms with Crippen LogP contribution in [-0.4, -0.2) is 55.9 Å². The number of rotatable bonds is 6. The summed E-state index contributed by atoms with van der Waals surface area (Å²) in [5.74, 6) is 1.59. The second kappa shape index (κ2) is 8.88. The molecule has 1 saturated heterocycles. The van der Waals surface area contributed by atoms with E-state index in [4.69, 9.17) is 4.74 Å². The van der Waals surface area contributed by atoms with Gasteiger partial charge in [0.25, 0.3) is 0 Å². The number of ether oxygens (including phenoxy) is 1. The maximum atomic E-state index is 11.8. The number of carbonyl (C=O) groups excluding carboxylic acids is 1. The van der Waals surface area contributed by atoms with Gasteiger partial charge in [-0.3, -0.25) is 0 Å². The van der Waals surface area contributed by atoms with Gasteiger partial charge in [0.05, 0.1) is 0 Å². The molecule has 5 nitrogen and oxygen atoms in total. The number of alkyl carbamates (subject to hydrolysis) is 1. The SMILES string of the molecule is CC(C)C(CNC(=O)OC(C)(C)C)CNC1CCN(C)CC1C. The molecule has 5 heteroatoms. The lowest BCUT2D eigenvalue weighted by atomic mass is 9.91. The van der Waals surface area contributed by atoms with Crippen molar-refractivity contribution >= 4 is 6.09 Å². The maximum absolute atomic E-state index is 11.8. The molecule has 23 heavy (non-hydrogen) atoms. The Morgan fingerprint density at radius 3 is 2.48 bits per heavy atom. The third-order valence-electron chi connectivity index (χ3n) is 4.60. The Labute approximate surface area is 142 Å². The predicted octanol–water partition coefficient (Wildman–Crippen LogP) is 2.71. The summed E-state index contributed by atoms with van der Waals surface area (Å²) in [7, 11) is 2.19. The van der Waals surface area contributed by atoms with Crippen LogP contribution >= 0.6 is 0 Å². The van der Waals surface area contributed by atoms with Gasteiger partial charge in [-0.1, -0.05) is 20.8 Å². The largest absolute Gasteiger partial charge is 0.444 e. The average molecular weight is 328 g/mol. The molecule has 1 amide bonds. The number of hydrogen-bond donors (Lipinski definition) is 2. The molecule has 2 N–H and O–H groups in total. The standard InChI is InChI=1S/C18H37N3O2/c1-13(2)15(11-20-17(22)23-18(4,5)6)10-19-16-8-9-21(7)12-14(16)3/h13-16,19H,8-12H2,1-7H3,(H,20,22). The number of piperidine rings is 1. The Balaban J connectivity index is 2.39. The number of amides is 1. The van der Waals surface area contributed by atoms with Crippen molar-refractivity contribution in [1.82, 2.24) is 15.5 Å². The Hall–Kier alpha value is -0.810. The van der Waals surface area contributed by atoms with E-state index in [1.54, 1.807) is 0 Å². The Morgan fingerprint density at radius 2 is 1.96 bits per heavy atom. The Kier molecular flexibility index (Phi) is 7.81. The molecule has 0 aliphatic carbocycles. The fourth-order valence-corrected chi connectivity index (χ4v) is 3.03. The Morgan fingerprint density at radius 1 is 1.30 bits per heavy atom. The molecular formula is C18H37N3O2. The van der Waals surface area contributed by atoms with Crippen molar-refractivity contribution in [2.45, 2.75) is 59.6 Å². The number of hydrogen-bond acceptors (Lipinski definition) is 4. The molecule has 0 aromatic heterocycles. The molecule has 1 rings (SSSR count). The van der Waals surface area contributed by atoms with Crippen LogP contribution in [0.15, 0.2) is 0 Å². The van der Waals surface area contributed by atoms with E-state index in [0.29, 0.717) is 30.3 Å². The summed E-state index contributed by atoms with van der Waals surface area (Å²) in [5, 5.41) is 6.64. The van der Waals surface area contributed by atoms with Crippen molar-refractivity contribution in [2.75, 3.05) is 33.2 Å².